The number of imide groups is 1. The molecule has 9 nitrogen and oxygen atoms in total. The zero-order chi connectivity index (χ0) is 17.5. The molecule has 2 heterocycles. The van der Waals surface area contributed by atoms with Gasteiger partial charge in [-0.1, -0.05) is 19.3 Å². The summed E-state index contributed by atoms with van der Waals surface area (Å²) in [6.45, 7) is 0.0112. The third-order valence-electron chi connectivity index (χ3n) is 4.87. The number of urea groups is 1. The Bertz CT molecular complexity index is 670. The van der Waals surface area contributed by atoms with Gasteiger partial charge in [-0.2, -0.15) is 15.0 Å². The van der Waals surface area contributed by atoms with Crippen molar-refractivity contribution in [3.8, 4) is 0 Å². The molecule has 1 saturated heterocycles. The number of aromatic nitrogens is 3. The van der Waals surface area contributed by atoms with Gasteiger partial charge in [0.2, 0.25) is 11.9 Å². The molecule has 1 spiro atoms. The van der Waals surface area contributed by atoms with Crippen LogP contribution >= 0.6 is 0 Å². The Kier molecular flexibility index (Phi) is 4.02. The first-order valence-electron chi connectivity index (χ1n) is 8.13. The number of nitrogens with zero attached hydrogens (tertiary/aromatic N) is 6. The SMILES string of the molecule is CN(C)c1nc(N)nc(CN2C(=O)N(C)C3(CCCCC3)C2=O)n1. The predicted octanol–water partition coefficient (Wildman–Crippen LogP) is 0.617. The van der Waals surface area contributed by atoms with Crippen molar-refractivity contribution >= 4 is 23.8 Å². The largest absolute Gasteiger partial charge is 0.368 e. The van der Waals surface area contributed by atoms with Crippen molar-refractivity contribution in [3.63, 3.8) is 0 Å². The minimum absolute atomic E-state index is 0.0112. The van der Waals surface area contributed by atoms with Gasteiger partial charge >= 0.3 is 6.03 Å². The van der Waals surface area contributed by atoms with Crippen LogP contribution in [0.15, 0.2) is 0 Å². The number of carbonyl (C=O) groups excluding carboxylic acids is 2. The Morgan fingerprint density at radius 1 is 1.12 bits per heavy atom. The fraction of sp³-hybridized carbons (Fsp3) is 0.667. The summed E-state index contributed by atoms with van der Waals surface area (Å²) in [5, 5.41) is 0. The zero-order valence-corrected chi connectivity index (χ0v) is 14.3. The van der Waals surface area contributed by atoms with E-state index in [0.29, 0.717) is 24.6 Å². The first-order valence-corrected chi connectivity index (χ1v) is 8.13. The normalized spacial score (nSPS) is 20.1. The second-order valence-electron chi connectivity index (χ2n) is 6.63. The molecule has 1 aromatic rings. The van der Waals surface area contributed by atoms with Crippen LogP contribution in [0, 0.1) is 0 Å². The van der Waals surface area contributed by atoms with Gasteiger partial charge in [-0.3, -0.25) is 9.69 Å². The number of nitrogens with two attached hydrogens (primary N) is 1. The Balaban J connectivity index is 1.88. The molecule has 3 rings (SSSR count). The van der Waals surface area contributed by atoms with E-state index in [4.69, 9.17) is 5.73 Å². The standard InChI is InChI=1S/C15H23N7O2/c1-20(2)13-18-10(17-12(16)19-13)9-22-11(23)15(21(3)14(22)24)7-5-4-6-8-15/h4-9H2,1-3H3,(H2,16,17,18,19). The Hall–Kier alpha value is -2.45. The lowest BCUT2D eigenvalue weighted by molar-refractivity contribution is -0.134. The predicted molar refractivity (Wildman–Crippen MR) is 88.1 cm³/mol. The van der Waals surface area contributed by atoms with Crippen molar-refractivity contribution in [1.82, 2.24) is 24.8 Å². The molecule has 0 bridgehead atoms. The quantitative estimate of drug-likeness (QED) is 0.807. The first kappa shape index (κ1) is 16.4. The average molecular weight is 333 g/mol. The molecule has 0 radical (unpaired) electrons. The second-order valence-corrected chi connectivity index (χ2v) is 6.63. The highest BCUT2D eigenvalue weighted by molar-refractivity contribution is 6.06. The summed E-state index contributed by atoms with van der Waals surface area (Å²) in [7, 11) is 5.28. The summed E-state index contributed by atoms with van der Waals surface area (Å²) >= 11 is 0. The van der Waals surface area contributed by atoms with Gasteiger partial charge < -0.3 is 15.5 Å². The molecule has 1 aromatic heterocycles. The molecule has 2 aliphatic rings. The third-order valence-corrected chi connectivity index (χ3v) is 4.87. The molecule has 3 amide bonds. The van der Waals surface area contributed by atoms with Gasteiger partial charge in [0.15, 0.2) is 5.82 Å². The van der Waals surface area contributed by atoms with Crippen LogP contribution in [0.4, 0.5) is 16.7 Å². The minimum atomic E-state index is -0.696. The van der Waals surface area contributed by atoms with Crippen molar-refractivity contribution in [1.29, 1.82) is 0 Å². The number of amides is 3. The van der Waals surface area contributed by atoms with Gasteiger partial charge in [0.05, 0.1) is 6.54 Å². The third kappa shape index (κ3) is 2.53. The molecule has 0 aromatic carbocycles. The summed E-state index contributed by atoms with van der Waals surface area (Å²) in [5.41, 5.74) is 5.02. The summed E-state index contributed by atoms with van der Waals surface area (Å²) in [6.07, 6.45) is 4.45. The Morgan fingerprint density at radius 3 is 2.42 bits per heavy atom. The maximum Gasteiger partial charge on any atom is 0.327 e. The smallest absolute Gasteiger partial charge is 0.327 e. The van der Waals surface area contributed by atoms with E-state index in [0.717, 1.165) is 19.3 Å². The van der Waals surface area contributed by atoms with Crippen LogP contribution in [-0.2, 0) is 11.3 Å². The number of rotatable bonds is 3. The molecule has 0 atom stereocenters. The van der Waals surface area contributed by atoms with Gasteiger partial charge in [0.25, 0.3) is 5.91 Å². The lowest BCUT2D eigenvalue weighted by atomic mass is 9.81. The van der Waals surface area contributed by atoms with E-state index in [1.807, 2.05) is 0 Å². The highest BCUT2D eigenvalue weighted by Crippen LogP contribution is 2.39. The Morgan fingerprint density at radius 2 is 1.79 bits per heavy atom. The Labute approximate surface area is 140 Å². The number of hydrogen-bond acceptors (Lipinski definition) is 7. The molecule has 0 unspecified atom stereocenters. The van der Waals surface area contributed by atoms with E-state index in [9.17, 15) is 9.59 Å². The molecule has 24 heavy (non-hydrogen) atoms. The zero-order valence-electron chi connectivity index (χ0n) is 14.3. The van der Waals surface area contributed by atoms with Crippen molar-refractivity contribution < 1.29 is 9.59 Å². The van der Waals surface area contributed by atoms with Gasteiger partial charge in [-0.25, -0.2) is 4.79 Å². The molecule has 9 heteroatoms. The number of nitrogen functional groups attached to an aromatic ring is 1. The van der Waals surface area contributed by atoms with E-state index >= 15 is 0 Å². The monoisotopic (exact) mass is 333 g/mol. The molecule has 1 aliphatic heterocycles. The van der Waals surface area contributed by atoms with Crippen LogP contribution in [-0.4, -0.2) is 63.4 Å². The molecule has 2 N–H and O–H groups in total. The number of anilines is 2. The van der Waals surface area contributed by atoms with Crippen LogP contribution in [0.25, 0.3) is 0 Å². The second kappa shape index (κ2) is 5.88. The average Bonchev–Trinajstić information content (AvgIpc) is 2.71. The number of carbonyl (C=O) groups is 2. The topological polar surface area (TPSA) is 109 Å². The molecule has 1 aliphatic carbocycles. The van der Waals surface area contributed by atoms with Crippen molar-refractivity contribution in [2.45, 2.75) is 44.2 Å². The lowest BCUT2D eigenvalue weighted by Crippen LogP contribution is -2.49. The van der Waals surface area contributed by atoms with Crippen LogP contribution < -0.4 is 10.6 Å². The van der Waals surface area contributed by atoms with Crippen LogP contribution in [0.3, 0.4) is 0 Å². The molecular formula is C15H23N7O2. The van der Waals surface area contributed by atoms with Crippen LogP contribution in [0.2, 0.25) is 0 Å². The molecule has 2 fully saturated rings. The van der Waals surface area contributed by atoms with E-state index < -0.39 is 5.54 Å². The van der Waals surface area contributed by atoms with Gasteiger partial charge in [-0.15, -0.1) is 0 Å². The summed E-state index contributed by atoms with van der Waals surface area (Å²) in [4.78, 5) is 42.5. The minimum Gasteiger partial charge on any atom is -0.368 e. The van der Waals surface area contributed by atoms with Gasteiger partial charge in [-0.05, 0) is 12.8 Å². The van der Waals surface area contributed by atoms with Crippen LogP contribution in [0.1, 0.15) is 37.9 Å². The maximum atomic E-state index is 13.0. The summed E-state index contributed by atoms with van der Waals surface area (Å²) in [5.74, 6) is 0.634. The van der Waals surface area contributed by atoms with E-state index in [-0.39, 0.29) is 24.4 Å². The van der Waals surface area contributed by atoms with Crippen molar-refractivity contribution in [3.05, 3.63) is 5.82 Å². The van der Waals surface area contributed by atoms with E-state index in [2.05, 4.69) is 15.0 Å². The van der Waals surface area contributed by atoms with Gasteiger partial charge in [0, 0.05) is 21.1 Å². The van der Waals surface area contributed by atoms with E-state index in [1.165, 1.54) is 4.90 Å². The van der Waals surface area contributed by atoms with Crippen molar-refractivity contribution in [2.24, 2.45) is 0 Å². The number of likely N-dealkylation sites (N-methyl/N-ethyl adjacent to an activating group) is 1. The lowest BCUT2D eigenvalue weighted by Gasteiger charge is -2.35. The highest BCUT2D eigenvalue weighted by Gasteiger charge is 2.55. The fourth-order valence-electron chi connectivity index (χ4n) is 3.51. The molecular weight excluding hydrogens is 310 g/mol. The van der Waals surface area contributed by atoms with Gasteiger partial charge in [0.1, 0.15) is 5.54 Å². The van der Waals surface area contributed by atoms with Crippen molar-refractivity contribution in [2.75, 3.05) is 31.8 Å². The van der Waals surface area contributed by atoms with E-state index in [1.54, 1.807) is 30.9 Å². The highest BCUT2D eigenvalue weighted by atomic mass is 16.2. The molecule has 1 saturated carbocycles. The fourth-order valence-corrected chi connectivity index (χ4v) is 3.51. The summed E-state index contributed by atoms with van der Waals surface area (Å²) in [6, 6.07) is -0.299. The number of hydrogen-bond donors (Lipinski definition) is 1. The summed E-state index contributed by atoms with van der Waals surface area (Å²) < 4.78 is 0. The van der Waals surface area contributed by atoms with Crippen LogP contribution in [0.5, 0.6) is 0 Å². The maximum absolute atomic E-state index is 13.0. The molecule has 130 valence electrons. The first-order chi connectivity index (χ1) is 11.3.